The second-order valence-electron chi connectivity index (χ2n) is 6.53. The van der Waals surface area contributed by atoms with Crippen LogP contribution in [0.2, 0.25) is 0 Å². The molecule has 3 aromatic rings. The summed E-state index contributed by atoms with van der Waals surface area (Å²) in [5.41, 5.74) is 6.24. The molecule has 2 amide bonds. The Balaban J connectivity index is 1.60. The van der Waals surface area contributed by atoms with Crippen LogP contribution in [-0.2, 0) is 11.2 Å². The lowest BCUT2D eigenvalue weighted by Gasteiger charge is -2.05. The zero-order valence-electron chi connectivity index (χ0n) is 16.3. The van der Waals surface area contributed by atoms with Crippen LogP contribution in [0.3, 0.4) is 0 Å². The number of nitrogens with one attached hydrogen (secondary N) is 1. The first-order valence-electron chi connectivity index (χ1n) is 8.93. The van der Waals surface area contributed by atoms with Crippen molar-refractivity contribution < 1.29 is 18.9 Å². The summed E-state index contributed by atoms with van der Waals surface area (Å²) in [6.45, 7) is 1.69. The highest BCUT2D eigenvalue weighted by Gasteiger charge is 2.18. The Morgan fingerprint density at radius 1 is 1.29 bits per heavy atom. The zero-order chi connectivity index (χ0) is 22.5. The van der Waals surface area contributed by atoms with Gasteiger partial charge in [-0.15, -0.1) is 23.1 Å². The molecule has 0 aliphatic heterocycles. The third-order valence-electron chi connectivity index (χ3n) is 4.21. The Bertz CT molecular complexity index is 1170. The van der Waals surface area contributed by atoms with Gasteiger partial charge in [0.15, 0.2) is 5.13 Å². The van der Waals surface area contributed by atoms with Crippen LogP contribution in [-0.4, -0.2) is 27.5 Å². The molecule has 0 spiro atoms. The van der Waals surface area contributed by atoms with Gasteiger partial charge < -0.3 is 11.1 Å². The van der Waals surface area contributed by atoms with Gasteiger partial charge in [-0.05, 0) is 36.2 Å². The largest absolute Gasteiger partial charge is 0.366 e. The van der Waals surface area contributed by atoms with E-state index in [2.05, 4.69) is 10.3 Å². The minimum Gasteiger partial charge on any atom is -0.366 e. The number of benzene rings is 2. The number of nitrogens with zero attached hydrogens (tertiary/aromatic N) is 2. The average Bonchev–Trinajstić information content (AvgIpc) is 3.15. The number of anilines is 1. The molecular weight excluding hydrogens is 443 g/mol. The molecular formula is C20H17FN4O4S2. The molecule has 1 aromatic heterocycles. The lowest BCUT2D eigenvalue weighted by molar-refractivity contribution is -0.387. The molecule has 8 nitrogen and oxygen atoms in total. The van der Waals surface area contributed by atoms with Gasteiger partial charge >= 0.3 is 0 Å². The van der Waals surface area contributed by atoms with Gasteiger partial charge in [0.25, 0.3) is 5.69 Å². The molecule has 0 aliphatic rings. The van der Waals surface area contributed by atoms with Crippen molar-refractivity contribution in [3.63, 3.8) is 0 Å². The monoisotopic (exact) mass is 460 g/mol. The summed E-state index contributed by atoms with van der Waals surface area (Å²) >= 11 is 2.23. The number of thiazole rings is 1. The van der Waals surface area contributed by atoms with Gasteiger partial charge in [-0.2, -0.15) is 0 Å². The van der Waals surface area contributed by atoms with Gasteiger partial charge in [0.05, 0.1) is 15.6 Å². The van der Waals surface area contributed by atoms with E-state index in [1.54, 1.807) is 19.2 Å². The topological polar surface area (TPSA) is 128 Å². The summed E-state index contributed by atoms with van der Waals surface area (Å²) in [5, 5.41) is 14.3. The summed E-state index contributed by atoms with van der Waals surface area (Å²) in [4.78, 5) is 39.3. The second-order valence-corrected chi connectivity index (χ2v) is 8.67. The number of hydrogen-bond donors (Lipinski definition) is 2. The molecule has 0 fully saturated rings. The number of primary amides is 1. The van der Waals surface area contributed by atoms with Crippen LogP contribution < -0.4 is 11.1 Å². The Hall–Kier alpha value is -3.31. The number of rotatable bonds is 8. The molecule has 3 rings (SSSR count). The van der Waals surface area contributed by atoms with E-state index in [9.17, 15) is 24.1 Å². The van der Waals surface area contributed by atoms with E-state index in [4.69, 9.17) is 5.73 Å². The Labute approximate surface area is 184 Å². The maximum Gasteiger partial charge on any atom is 0.283 e. The summed E-state index contributed by atoms with van der Waals surface area (Å²) < 4.78 is 13.7. The van der Waals surface area contributed by atoms with Crippen LogP contribution >= 0.6 is 23.1 Å². The van der Waals surface area contributed by atoms with E-state index in [0.29, 0.717) is 17.1 Å². The van der Waals surface area contributed by atoms with Crippen molar-refractivity contribution in [2.24, 2.45) is 5.73 Å². The molecule has 31 heavy (non-hydrogen) atoms. The van der Waals surface area contributed by atoms with Crippen molar-refractivity contribution >= 4 is 45.7 Å². The number of carbonyl (C=O) groups excluding carboxylic acids is 2. The fraction of sp³-hybridized carbons (Fsp3) is 0.150. The molecule has 0 saturated heterocycles. The molecule has 0 saturated carbocycles. The van der Waals surface area contributed by atoms with Crippen molar-refractivity contribution in [1.82, 2.24) is 4.98 Å². The summed E-state index contributed by atoms with van der Waals surface area (Å²) in [6, 6.07) is 8.86. The molecule has 1 heterocycles. The second kappa shape index (κ2) is 9.67. The maximum atomic E-state index is 13.7. The normalized spacial score (nSPS) is 10.6. The van der Waals surface area contributed by atoms with Crippen molar-refractivity contribution in [2.45, 2.75) is 18.2 Å². The van der Waals surface area contributed by atoms with Gasteiger partial charge in [0.2, 0.25) is 11.8 Å². The van der Waals surface area contributed by atoms with E-state index >= 15 is 0 Å². The average molecular weight is 461 g/mol. The van der Waals surface area contributed by atoms with Crippen LogP contribution in [0.15, 0.2) is 47.5 Å². The number of aryl methyl sites for hydroxylation is 1. The number of nitro groups is 1. The number of hydrogen-bond acceptors (Lipinski definition) is 7. The number of thioether (sulfide) groups is 1. The molecule has 160 valence electrons. The van der Waals surface area contributed by atoms with Crippen LogP contribution in [0.5, 0.6) is 0 Å². The first-order chi connectivity index (χ1) is 14.7. The Morgan fingerprint density at radius 2 is 2.06 bits per heavy atom. The molecule has 11 heteroatoms. The van der Waals surface area contributed by atoms with Crippen LogP contribution in [0, 0.1) is 22.9 Å². The minimum absolute atomic E-state index is 0.0178. The summed E-state index contributed by atoms with van der Waals surface area (Å²) in [5.74, 6) is -1.52. The molecule has 0 aliphatic carbocycles. The van der Waals surface area contributed by atoms with E-state index in [0.717, 1.165) is 28.3 Å². The van der Waals surface area contributed by atoms with Crippen LogP contribution in [0.4, 0.5) is 15.2 Å². The zero-order valence-corrected chi connectivity index (χ0v) is 17.9. The van der Waals surface area contributed by atoms with Crippen molar-refractivity contribution in [3.8, 4) is 0 Å². The number of amides is 2. The third-order valence-corrected chi connectivity index (χ3v) is 6.19. The van der Waals surface area contributed by atoms with Crippen LogP contribution in [0.1, 0.15) is 26.4 Å². The van der Waals surface area contributed by atoms with Gasteiger partial charge in [0, 0.05) is 29.1 Å². The van der Waals surface area contributed by atoms with E-state index in [1.807, 2.05) is 6.07 Å². The number of nitro benzene ring substituents is 1. The third kappa shape index (κ3) is 5.86. The predicted octanol–water partition coefficient (Wildman–Crippen LogP) is 3.92. The highest BCUT2D eigenvalue weighted by Crippen LogP contribution is 2.30. The van der Waals surface area contributed by atoms with E-state index in [1.165, 1.54) is 29.5 Å². The minimum atomic E-state index is -0.773. The molecule has 0 radical (unpaired) electrons. The van der Waals surface area contributed by atoms with Crippen molar-refractivity contribution in [3.05, 3.63) is 80.1 Å². The molecule has 2 aromatic carbocycles. The lowest BCUT2D eigenvalue weighted by Crippen LogP contribution is -2.14. The van der Waals surface area contributed by atoms with Crippen molar-refractivity contribution in [1.29, 1.82) is 0 Å². The predicted molar refractivity (Wildman–Crippen MR) is 117 cm³/mol. The molecule has 3 N–H and O–H groups in total. The smallest absolute Gasteiger partial charge is 0.283 e. The highest BCUT2D eigenvalue weighted by atomic mass is 32.2. The Morgan fingerprint density at radius 3 is 2.74 bits per heavy atom. The van der Waals surface area contributed by atoms with E-state index in [-0.39, 0.29) is 33.6 Å². The highest BCUT2D eigenvalue weighted by molar-refractivity contribution is 8.00. The number of carbonyl (C=O) groups is 2. The summed E-state index contributed by atoms with van der Waals surface area (Å²) in [6.07, 6.45) is 2.09. The number of nitrogens with two attached hydrogens (primary N) is 1. The lowest BCUT2D eigenvalue weighted by atomic mass is 10.1. The maximum absolute atomic E-state index is 13.7. The molecule has 0 unspecified atom stereocenters. The first kappa shape index (κ1) is 22.4. The Kier molecular flexibility index (Phi) is 6.98. The fourth-order valence-electron chi connectivity index (χ4n) is 2.63. The van der Waals surface area contributed by atoms with Crippen LogP contribution in [0.25, 0.3) is 0 Å². The van der Waals surface area contributed by atoms with Crippen molar-refractivity contribution in [2.75, 3.05) is 11.1 Å². The summed E-state index contributed by atoms with van der Waals surface area (Å²) in [7, 11) is 0. The van der Waals surface area contributed by atoms with E-state index < -0.39 is 10.8 Å². The fourth-order valence-corrected chi connectivity index (χ4v) is 4.30. The van der Waals surface area contributed by atoms with Gasteiger partial charge in [-0.1, -0.05) is 12.1 Å². The SMILES string of the molecule is Cc1ccc(Cc2cnc(NC(=O)CSc3ccc(C(N)=O)cc3[N+](=O)[O-])s2)cc1F. The molecule has 0 bridgehead atoms. The molecule has 0 atom stereocenters. The number of aromatic nitrogens is 1. The quantitative estimate of drug-likeness (QED) is 0.298. The van der Waals surface area contributed by atoms with Gasteiger partial charge in [-0.25, -0.2) is 9.37 Å². The number of halogens is 1. The van der Waals surface area contributed by atoms with Gasteiger partial charge in [0.1, 0.15) is 5.82 Å². The van der Waals surface area contributed by atoms with Gasteiger partial charge in [-0.3, -0.25) is 19.7 Å². The first-order valence-corrected chi connectivity index (χ1v) is 10.7. The standard InChI is InChI=1S/C20H17FN4O4S2/c1-11-2-3-12(7-15(11)21)6-14-9-23-20(31-14)24-18(26)10-30-17-5-4-13(19(22)27)8-16(17)25(28)29/h2-5,7-9H,6,10H2,1H3,(H2,22,27)(H,23,24,26).